The summed E-state index contributed by atoms with van der Waals surface area (Å²) in [7, 11) is 0. The fourth-order valence-corrected chi connectivity index (χ4v) is 1.29. The van der Waals surface area contributed by atoms with Crippen molar-refractivity contribution in [1.82, 2.24) is 0 Å². The normalized spacial score (nSPS) is 12.6. The number of hydrogen-bond acceptors (Lipinski definition) is 2. The lowest BCUT2D eigenvalue weighted by Gasteiger charge is -1.94. The van der Waals surface area contributed by atoms with Gasteiger partial charge in [0.2, 0.25) is 0 Å². The van der Waals surface area contributed by atoms with E-state index in [1.54, 1.807) is 11.8 Å². The highest BCUT2D eigenvalue weighted by Crippen LogP contribution is 2.06. The number of alkyl halides is 1. The quantitative estimate of drug-likeness (QED) is 0.641. The molecular formula is C5H8BrNS. The van der Waals surface area contributed by atoms with E-state index >= 15 is 0 Å². The predicted octanol–water partition coefficient (Wildman–Crippen LogP) is 2.03. The first-order chi connectivity index (χ1) is 3.81. The molecule has 0 rings (SSSR count). The molecule has 8 heavy (non-hydrogen) atoms. The van der Waals surface area contributed by atoms with E-state index in [-0.39, 0.29) is 4.83 Å². The monoisotopic (exact) mass is 193 g/mol. The average Bonchev–Trinajstić information content (AvgIpc) is 1.83. The summed E-state index contributed by atoms with van der Waals surface area (Å²) in [6.07, 6.45) is 2.98. The van der Waals surface area contributed by atoms with E-state index in [2.05, 4.69) is 22.0 Å². The minimum Gasteiger partial charge on any atom is -0.197 e. The van der Waals surface area contributed by atoms with Crippen LogP contribution < -0.4 is 0 Å². The van der Waals surface area contributed by atoms with E-state index in [9.17, 15) is 0 Å². The molecule has 0 aromatic rings. The maximum Gasteiger partial charge on any atom is 0.102 e. The Morgan fingerprint density at radius 1 is 1.88 bits per heavy atom. The molecule has 0 aliphatic heterocycles. The first-order valence-electron chi connectivity index (χ1n) is 2.34. The van der Waals surface area contributed by atoms with Crippen molar-refractivity contribution in [3.63, 3.8) is 0 Å². The smallest absolute Gasteiger partial charge is 0.102 e. The van der Waals surface area contributed by atoms with Gasteiger partial charge >= 0.3 is 0 Å². The average molecular weight is 194 g/mol. The van der Waals surface area contributed by atoms with Crippen LogP contribution in [0.1, 0.15) is 6.42 Å². The van der Waals surface area contributed by atoms with E-state index in [0.717, 1.165) is 12.2 Å². The van der Waals surface area contributed by atoms with Crippen LogP contribution in [0.5, 0.6) is 0 Å². The van der Waals surface area contributed by atoms with Crippen LogP contribution in [0.4, 0.5) is 0 Å². The number of nitriles is 1. The van der Waals surface area contributed by atoms with Gasteiger partial charge in [-0.05, 0) is 18.4 Å². The highest BCUT2D eigenvalue weighted by molar-refractivity contribution is 9.09. The summed E-state index contributed by atoms with van der Waals surface area (Å²) in [5.74, 6) is 1.06. The number of hydrogen-bond donors (Lipinski definition) is 0. The Kier molecular flexibility index (Phi) is 5.67. The molecule has 0 saturated carbocycles. The van der Waals surface area contributed by atoms with Gasteiger partial charge in [-0.15, -0.1) is 0 Å². The molecule has 0 amide bonds. The zero-order valence-corrected chi connectivity index (χ0v) is 7.13. The lowest BCUT2D eigenvalue weighted by molar-refractivity contribution is 1.02. The van der Waals surface area contributed by atoms with E-state index in [0.29, 0.717) is 0 Å². The number of nitrogens with zero attached hydrogens (tertiary/aromatic N) is 1. The molecule has 3 heteroatoms. The van der Waals surface area contributed by atoms with Crippen molar-refractivity contribution in [2.45, 2.75) is 11.2 Å². The second kappa shape index (κ2) is 5.46. The second-order valence-electron chi connectivity index (χ2n) is 1.38. The van der Waals surface area contributed by atoms with Crippen molar-refractivity contribution in [1.29, 1.82) is 5.26 Å². The molecule has 0 aromatic carbocycles. The molecule has 0 aliphatic rings. The molecule has 0 fully saturated rings. The minimum absolute atomic E-state index is 0.0509. The molecule has 1 atom stereocenters. The first-order valence-corrected chi connectivity index (χ1v) is 4.65. The summed E-state index contributed by atoms with van der Waals surface area (Å²) < 4.78 is 0. The predicted molar refractivity (Wildman–Crippen MR) is 41.3 cm³/mol. The molecular weight excluding hydrogens is 186 g/mol. The second-order valence-corrected chi connectivity index (χ2v) is 3.47. The van der Waals surface area contributed by atoms with Crippen molar-refractivity contribution < 1.29 is 0 Å². The number of halogens is 1. The molecule has 1 unspecified atom stereocenters. The molecule has 0 spiro atoms. The Labute approximate surface area is 62.6 Å². The van der Waals surface area contributed by atoms with E-state index in [4.69, 9.17) is 5.26 Å². The third-order valence-electron chi connectivity index (χ3n) is 0.716. The highest BCUT2D eigenvalue weighted by Gasteiger charge is 1.97. The largest absolute Gasteiger partial charge is 0.197 e. The van der Waals surface area contributed by atoms with Gasteiger partial charge < -0.3 is 0 Å². The van der Waals surface area contributed by atoms with Crippen LogP contribution in [0.3, 0.4) is 0 Å². The summed E-state index contributed by atoms with van der Waals surface area (Å²) in [6, 6.07) is 2.10. The Bertz CT molecular complexity index is 88.9. The third-order valence-corrected chi connectivity index (χ3v) is 2.02. The first kappa shape index (κ1) is 8.32. The summed E-state index contributed by atoms with van der Waals surface area (Å²) in [5, 5.41) is 8.26. The molecule has 0 aromatic heterocycles. The van der Waals surface area contributed by atoms with Crippen LogP contribution in [0.25, 0.3) is 0 Å². The molecule has 0 radical (unpaired) electrons. The summed E-state index contributed by atoms with van der Waals surface area (Å²) in [4.78, 5) is 0.0509. The van der Waals surface area contributed by atoms with Crippen LogP contribution in [0.2, 0.25) is 0 Å². The Morgan fingerprint density at radius 3 is 2.88 bits per heavy atom. The SMILES string of the molecule is CSCCC(Br)C#N. The van der Waals surface area contributed by atoms with Crippen molar-refractivity contribution in [3.05, 3.63) is 0 Å². The van der Waals surface area contributed by atoms with E-state index < -0.39 is 0 Å². The Hall–Kier alpha value is 0.320. The minimum atomic E-state index is 0.0509. The van der Waals surface area contributed by atoms with Crippen molar-refractivity contribution >= 4 is 27.7 Å². The van der Waals surface area contributed by atoms with Crippen LogP contribution in [-0.4, -0.2) is 16.8 Å². The maximum absolute atomic E-state index is 8.26. The molecule has 0 aliphatic carbocycles. The fourth-order valence-electron chi connectivity index (χ4n) is 0.286. The lowest BCUT2D eigenvalue weighted by atomic mass is 10.4. The van der Waals surface area contributed by atoms with Crippen LogP contribution >= 0.6 is 27.7 Å². The fraction of sp³-hybridized carbons (Fsp3) is 0.800. The van der Waals surface area contributed by atoms with Gasteiger partial charge in [0.1, 0.15) is 4.83 Å². The summed E-state index contributed by atoms with van der Waals surface area (Å²) >= 11 is 4.97. The molecule has 1 nitrogen and oxygen atoms in total. The van der Waals surface area contributed by atoms with E-state index in [1.807, 2.05) is 6.26 Å². The van der Waals surface area contributed by atoms with E-state index in [1.165, 1.54) is 0 Å². The van der Waals surface area contributed by atoms with Gasteiger partial charge in [0.25, 0.3) is 0 Å². The zero-order chi connectivity index (χ0) is 6.41. The van der Waals surface area contributed by atoms with Gasteiger partial charge in [0, 0.05) is 0 Å². The molecule has 0 N–H and O–H groups in total. The van der Waals surface area contributed by atoms with Gasteiger partial charge in [-0.3, -0.25) is 0 Å². The van der Waals surface area contributed by atoms with Crippen molar-refractivity contribution in [2.75, 3.05) is 12.0 Å². The lowest BCUT2D eigenvalue weighted by Crippen LogP contribution is -1.93. The third kappa shape index (κ3) is 4.48. The number of rotatable bonds is 3. The maximum atomic E-state index is 8.26. The highest BCUT2D eigenvalue weighted by atomic mass is 79.9. The van der Waals surface area contributed by atoms with Crippen LogP contribution in [-0.2, 0) is 0 Å². The van der Waals surface area contributed by atoms with Gasteiger partial charge in [0.15, 0.2) is 0 Å². The van der Waals surface area contributed by atoms with Gasteiger partial charge in [-0.2, -0.15) is 17.0 Å². The van der Waals surface area contributed by atoms with Gasteiger partial charge in [-0.1, -0.05) is 15.9 Å². The van der Waals surface area contributed by atoms with Gasteiger partial charge in [0.05, 0.1) is 6.07 Å². The Morgan fingerprint density at radius 2 is 2.50 bits per heavy atom. The zero-order valence-electron chi connectivity index (χ0n) is 4.72. The Balaban J connectivity index is 3.02. The van der Waals surface area contributed by atoms with Gasteiger partial charge in [-0.25, -0.2) is 0 Å². The molecule has 0 bridgehead atoms. The van der Waals surface area contributed by atoms with Crippen molar-refractivity contribution in [2.24, 2.45) is 0 Å². The summed E-state index contributed by atoms with van der Waals surface area (Å²) in [6.45, 7) is 0. The van der Waals surface area contributed by atoms with Crippen LogP contribution in [0, 0.1) is 11.3 Å². The standard InChI is InChI=1S/C5H8BrNS/c1-8-3-2-5(6)4-7/h5H,2-3H2,1H3. The number of thioether (sulfide) groups is 1. The molecule has 0 heterocycles. The molecule has 0 saturated heterocycles. The summed E-state index contributed by atoms with van der Waals surface area (Å²) in [5.41, 5.74) is 0. The molecule has 46 valence electrons. The topological polar surface area (TPSA) is 23.8 Å². The van der Waals surface area contributed by atoms with Crippen LogP contribution in [0.15, 0.2) is 0 Å². The van der Waals surface area contributed by atoms with Crippen molar-refractivity contribution in [3.8, 4) is 6.07 Å².